The van der Waals surface area contributed by atoms with Crippen LogP contribution in [0.3, 0.4) is 0 Å². The number of hydrogen-bond donors (Lipinski definition) is 1. The third kappa shape index (κ3) is 5.26. The smallest absolute Gasteiger partial charge is 0.409 e. The molecule has 9 heteroatoms. The Morgan fingerprint density at radius 2 is 2.00 bits per heavy atom. The number of nitrogens with one attached hydrogen (secondary N) is 1. The average Bonchev–Trinajstić information content (AvgIpc) is 3.51. The van der Waals surface area contributed by atoms with Gasteiger partial charge in [0, 0.05) is 42.8 Å². The lowest BCUT2D eigenvalue weighted by Gasteiger charge is -2.38. The molecule has 1 saturated heterocycles. The fourth-order valence-corrected chi connectivity index (χ4v) is 4.99. The normalized spacial score (nSPS) is 15.3. The summed E-state index contributed by atoms with van der Waals surface area (Å²) in [5.41, 5.74) is 1.90. The monoisotopic (exact) mass is 468 g/mol. The Morgan fingerprint density at radius 1 is 1.18 bits per heavy atom. The van der Waals surface area contributed by atoms with E-state index in [1.165, 1.54) is 11.1 Å². The number of pyridine rings is 1. The number of thiophene rings is 1. The van der Waals surface area contributed by atoms with Crippen LogP contribution in [0.5, 0.6) is 0 Å². The van der Waals surface area contributed by atoms with Crippen LogP contribution >= 0.6 is 11.3 Å². The molecular weight excluding hydrogens is 440 g/mol. The molecule has 2 amide bonds. The van der Waals surface area contributed by atoms with E-state index < -0.39 is 0 Å². The first-order valence-corrected chi connectivity index (χ1v) is 12.0. The number of amides is 2. The molecule has 0 aliphatic carbocycles. The Morgan fingerprint density at radius 3 is 2.64 bits per heavy atom. The topological polar surface area (TPSA) is 87.9 Å². The summed E-state index contributed by atoms with van der Waals surface area (Å²) in [7, 11) is 0. The summed E-state index contributed by atoms with van der Waals surface area (Å²) in [4.78, 5) is 34.8. The number of rotatable bonds is 7. The van der Waals surface area contributed by atoms with Gasteiger partial charge in [0.2, 0.25) is 0 Å². The van der Waals surface area contributed by atoms with Crippen LogP contribution in [0.2, 0.25) is 0 Å². The maximum atomic E-state index is 12.8. The van der Waals surface area contributed by atoms with E-state index in [1.807, 2.05) is 25.1 Å². The van der Waals surface area contributed by atoms with Gasteiger partial charge in [-0.1, -0.05) is 13.0 Å². The molecule has 0 bridgehead atoms. The number of nitrogens with zero attached hydrogens (tertiary/aromatic N) is 3. The number of furan rings is 1. The molecule has 33 heavy (non-hydrogen) atoms. The van der Waals surface area contributed by atoms with Gasteiger partial charge in [-0.05, 0) is 43.7 Å². The first-order chi connectivity index (χ1) is 16.1. The molecule has 8 nitrogen and oxygen atoms in total. The van der Waals surface area contributed by atoms with Crippen LogP contribution in [0.1, 0.15) is 46.6 Å². The second kappa shape index (κ2) is 10.6. The second-order valence-corrected chi connectivity index (χ2v) is 8.80. The van der Waals surface area contributed by atoms with Gasteiger partial charge in [-0.25, -0.2) is 4.79 Å². The number of ether oxygens (including phenoxy) is 1. The van der Waals surface area contributed by atoms with Crippen molar-refractivity contribution in [3.8, 4) is 0 Å². The van der Waals surface area contributed by atoms with Crippen LogP contribution < -0.4 is 5.32 Å². The van der Waals surface area contributed by atoms with Gasteiger partial charge in [-0.15, -0.1) is 11.3 Å². The molecule has 0 spiro atoms. The first kappa shape index (κ1) is 23.0. The van der Waals surface area contributed by atoms with E-state index >= 15 is 0 Å². The Hall–Kier alpha value is -3.17. The molecule has 1 aliphatic rings. The van der Waals surface area contributed by atoms with Crippen LogP contribution in [-0.4, -0.2) is 59.6 Å². The fraction of sp³-hybridized carbons (Fsp3) is 0.375. The molecule has 4 rings (SSSR count). The van der Waals surface area contributed by atoms with Gasteiger partial charge in [0.05, 0.1) is 24.6 Å². The van der Waals surface area contributed by atoms with Crippen LogP contribution in [-0.2, 0) is 11.2 Å². The Labute approximate surface area is 197 Å². The van der Waals surface area contributed by atoms with Crippen LogP contribution in [0.25, 0.3) is 0 Å². The first-order valence-electron chi connectivity index (χ1n) is 11.1. The Bertz CT molecular complexity index is 1060. The largest absolute Gasteiger partial charge is 0.459 e. The molecule has 0 saturated carbocycles. The van der Waals surface area contributed by atoms with Gasteiger partial charge in [0.15, 0.2) is 5.76 Å². The van der Waals surface area contributed by atoms with Gasteiger partial charge in [0.25, 0.3) is 5.91 Å². The number of hydrogen-bond acceptors (Lipinski definition) is 7. The predicted molar refractivity (Wildman–Crippen MR) is 127 cm³/mol. The summed E-state index contributed by atoms with van der Waals surface area (Å²) in [6.07, 6.45) is 3.86. The summed E-state index contributed by atoms with van der Waals surface area (Å²) >= 11 is 1.57. The molecule has 1 atom stereocenters. The fourth-order valence-electron chi connectivity index (χ4n) is 3.96. The number of anilines is 1. The quantitative estimate of drug-likeness (QED) is 0.553. The molecule has 174 valence electrons. The van der Waals surface area contributed by atoms with Crippen molar-refractivity contribution < 1.29 is 18.7 Å². The average molecular weight is 469 g/mol. The third-order valence-corrected chi connectivity index (χ3v) is 6.81. The SMILES string of the molecule is CCOC(=O)N1CCN(C(c2ccccn2)c2cc(CC)sc2NC(=O)c2ccco2)CC1. The summed E-state index contributed by atoms with van der Waals surface area (Å²) in [6, 6.07) is 11.2. The molecule has 1 aliphatic heterocycles. The van der Waals surface area contributed by atoms with Crippen LogP contribution in [0.15, 0.2) is 53.3 Å². The van der Waals surface area contributed by atoms with Crippen molar-refractivity contribution in [2.45, 2.75) is 26.3 Å². The van der Waals surface area contributed by atoms with Crippen molar-refractivity contribution in [1.29, 1.82) is 0 Å². The molecule has 3 aromatic rings. The van der Waals surface area contributed by atoms with Gasteiger partial charge in [-0.3, -0.25) is 14.7 Å². The zero-order chi connectivity index (χ0) is 23.2. The minimum Gasteiger partial charge on any atom is -0.459 e. The third-order valence-electron chi connectivity index (χ3n) is 5.60. The summed E-state index contributed by atoms with van der Waals surface area (Å²) in [6.45, 7) is 6.75. The van der Waals surface area contributed by atoms with E-state index in [9.17, 15) is 9.59 Å². The molecule has 0 radical (unpaired) electrons. The second-order valence-electron chi connectivity index (χ2n) is 7.66. The minimum absolute atomic E-state index is 0.154. The van der Waals surface area contributed by atoms with E-state index in [4.69, 9.17) is 9.15 Å². The van der Waals surface area contributed by atoms with E-state index in [1.54, 1.807) is 34.6 Å². The van der Waals surface area contributed by atoms with Crippen molar-refractivity contribution in [3.05, 3.63) is 70.8 Å². The van der Waals surface area contributed by atoms with E-state index in [2.05, 4.69) is 28.2 Å². The van der Waals surface area contributed by atoms with Gasteiger partial charge >= 0.3 is 6.09 Å². The zero-order valence-corrected chi connectivity index (χ0v) is 19.6. The molecular formula is C24H28N4O4S. The highest BCUT2D eigenvalue weighted by Gasteiger charge is 2.32. The number of aromatic nitrogens is 1. The van der Waals surface area contributed by atoms with Crippen molar-refractivity contribution in [2.24, 2.45) is 0 Å². The highest BCUT2D eigenvalue weighted by Crippen LogP contribution is 2.39. The van der Waals surface area contributed by atoms with E-state index in [0.29, 0.717) is 32.8 Å². The van der Waals surface area contributed by atoms with Crippen molar-refractivity contribution in [2.75, 3.05) is 38.1 Å². The lowest BCUT2D eigenvalue weighted by molar-refractivity contribution is 0.0710. The zero-order valence-electron chi connectivity index (χ0n) is 18.8. The highest BCUT2D eigenvalue weighted by molar-refractivity contribution is 7.16. The van der Waals surface area contributed by atoms with Crippen molar-refractivity contribution in [3.63, 3.8) is 0 Å². The van der Waals surface area contributed by atoms with E-state index in [0.717, 1.165) is 22.7 Å². The number of piperazine rings is 1. The summed E-state index contributed by atoms with van der Waals surface area (Å²) in [5, 5.41) is 3.84. The molecule has 0 aromatic carbocycles. The summed E-state index contributed by atoms with van der Waals surface area (Å²) in [5.74, 6) is -0.0116. The van der Waals surface area contributed by atoms with Gasteiger partial charge in [0.1, 0.15) is 5.00 Å². The molecule has 1 unspecified atom stereocenters. The van der Waals surface area contributed by atoms with Crippen molar-refractivity contribution in [1.82, 2.24) is 14.8 Å². The maximum Gasteiger partial charge on any atom is 0.409 e. The maximum absolute atomic E-state index is 12.8. The Balaban J connectivity index is 1.64. The number of carbonyl (C=O) groups excluding carboxylic acids is 2. The molecule has 1 N–H and O–H groups in total. The predicted octanol–water partition coefficient (Wildman–Crippen LogP) is 4.41. The summed E-state index contributed by atoms with van der Waals surface area (Å²) < 4.78 is 10.4. The Kier molecular flexibility index (Phi) is 7.41. The van der Waals surface area contributed by atoms with Gasteiger partial charge in [-0.2, -0.15) is 0 Å². The molecule has 3 aromatic heterocycles. The standard InChI is InChI=1S/C24H28N4O4S/c1-3-17-16-18(23(33-17)26-22(29)20-9-7-15-32-20)21(19-8-5-6-10-25-19)27-11-13-28(14-12-27)24(30)31-4-2/h5-10,15-16,21H,3-4,11-14H2,1-2H3,(H,26,29). The van der Waals surface area contributed by atoms with Crippen LogP contribution in [0.4, 0.5) is 9.80 Å². The van der Waals surface area contributed by atoms with Gasteiger partial charge < -0.3 is 19.4 Å². The molecule has 1 fully saturated rings. The number of carbonyl (C=O) groups is 2. The minimum atomic E-state index is -0.280. The lowest BCUT2D eigenvalue weighted by atomic mass is 10.0. The highest BCUT2D eigenvalue weighted by atomic mass is 32.1. The van der Waals surface area contributed by atoms with Crippen LogP contribution in [0, 0.1) is 0 Å². The lowest BCUT2D eigenvalue weighted by Crippen LogP contribution is -2.50. The number of aryl methyl sites for hydroxylation is 1. The molecule has 4 heterocycles. The van der Waals surface area contributed by atoms with E-state index in [-0.39, 0.29) is 23.8 Å². The van der Waals surface area contributed by atoms with Crippen molar-refractivity contribution >= 4 is 28.3 Å².